The van der Waals surface area contributed by atoms with Gasteiger partial charge in [0.15, 0.2) is 5.65 Å². The van der Waals surface area contributed by atoms with E-state index in [9.17, 15) is 0 Å². The molecule has 1 fully saturated rings. The smallest absolute Gasteiger partial charge is 0.227 e. The molecule has 0 N–H and O–H groups in total. The van der Waals surface area contributed by atoms with E-state index in [0.717, 1.165) is 24.3 Å². The lowest BCUT2D eigenvalue weighted by molar-refractivity contribution is -0.00570. The van der Waals surface area contributed by atoms with Gasteiger partial charge in [0.2, 0.25) is 5.95 Å². The fourth-order valence-electron chi connectivity index (χ4n) is 3.05. The second kappa shape index (κ2) is 6.13. The maximum absolute atomic E-state index is 5.76. The first-order valence-electron chi connectivity index (χ1n) is 8.14. The second-order valence-electron chi connectivity index (χ2n) is 6.16. The van der Waals surface area contributed by atoms with Gasteiger partial charge in [0, 0.05) is 18.7 Å². The van der Waals surface area contributed by atoms with Crippen molar-refractivity contribution in [3.8, 4) is 11.3 Å². The average Bonchev–Trinajstić information content (AvgIpc) is 2.61. The van der Waals surface area contributed by atoms with Crippen LogP contribution in [-0.2, 0) is 4.74 Å². The maximum atomic E-state index is 5.76. The normalized spacial score (nSPS) is 21.2. The number of hydrogen-bond acceptors (Lipinski definition) is 6. The molecule has 2 atom stereocenters. The van der Waals surface area contributed by atoms with Crippen LogP contribution < -0.4 is 4.90 Å². The summed E-state index contributed by atoms with van der Waals surface area (Å²) in [5.41, 5.74) is 3.18. The minimum absolute atomic E-state index is 0.166. The first kappa shape index (κ1) is 15.0. The lowest BCUT2D eigenvalue weighted by Crippen LogP contribution is -2.46. The van der Waals surface area contributed by atoms with Crippen LogP contribution in [0, 0.1) is 0 Å². The third kappa shape index (κ3) is 2.92. The Balaban J connectivity index is 1.67. The summed E-state index contributed by atoms with van der Waals surface area (Å²) in [4.78, 5) is 20.3. The number of fused-ring (bicyclic) bond motifs is 1. The highest BCUT2D eigenvalue weighted by Crippen LogP contribution is 2.20. The molecule has 24 heavy (non-hydrogen) atoms. The van der Waals surface area contributed by atoms with Gasteiger partial charge in [-0.05, 0) is 13.8 Å². The van der Waals surface area contributed by atoms with Crippen LogP contribution in [0.4, 0.5) is 5.95 Å². The van der Waals surface area contributed by atoms with Gasteiger partial charge in [-0.25, -0.2) is 15.0 Å². The van der Waals surface area contributed by atoms with E-state index in [1.165, 1.54) is 0 Å². The molecule has 0 spiro atoms. The van der Waals surface area contributed by atoms with Crippen LogP contribution in [0.3, 0.4) is 0 Å². The third-order valence-corrected chi connectivity index (χ3v) is 4.06. The van der Waals surface area contributed by atoms with Crippen molar-refractivity contribution in [3.05, 3.63) is 42.7 Å². The number of benzene rings is 1. The number of anilines is 1. The minimum Gasteiger partial charge on any atom is -0.372 e. The molecular weight excluding hydrogens is 302 g/mol. The average molecular weight is 321 g/mol. The molecular formula is C18H19N5O. The summed E-state index contributed by atoms with van der Waals surface area (Å²) in [7, 11) is 0. The van der Waals surface area contributed by atoms with E-state index >= 15 is 0 Å². The SMILES string of the molecule is C[C@@H]1CN(c2ncc3nc(-c4ccccc4)cnc3n2)C[C@@H](C)O1. The van der Waals surface area contributed by atoms with Crippen LogP contribution in [-0.4, -0.2) is 45.2 Å². The maximum Gasteiger partial charge on any atom is 0.227 e. The zero-order valence-corrected chi connectivity index (χ0v) is 13.8. The molecule has 0 radical (unpaired) electrons. The van der Waals surface area contributed by atoms with Crippen molar-refractivity contribution in [1.82, 2.24) is 19.9 Å². The van der Waals surface area contributed by atoms with Gasteiger partial charge in [0.05, 0.1) is 30.3 Å². The van der Waals surface area contributed by atoms with Gasteiger partial charge < -0.3 is 9.64 Å². The Morgan fingerprint density at radius 1 is 0.958 bits per heavy atom. The van der Waals surface area contributed by atoms with Crippen molar-refractivity contribution in [1.29, 1.82) is 0 Å². The number of morpholine rings is 1. The van der Waals surface area contributed by atoms with Crippen molar-refractivity contribution in [2.75, 3.05) is 18.0 Å². The highest BCUT2D eigenvalue weighted by molar-refractivity contribution is 5.73. The van der Waals surface area contributed by atoms with Crippen LogP contribution in [0.5, 0.6) is 0 Å². The molecule has 3 heterocycles. The molecule has 122 valence electrons. The number of ether oxygens (including phenoxy) is 1. The van der Waals surface area contributed by atoms with Crippen LogP contribution >= 0.6 is 0 Å². The van der Waals surface area contributed by atoms with Crippen molar-refractivity contribution in [2.24, 2.45) is 0 Å². The van der Waals surface area contributed by atoms with Gasteiger partial charge >= 0.3 is 0 Å². The number of hydrogen-bond donors (Lipinski definition) is 0. The Kier molecular flexibility index (Phi) is 3.82. The molecule has 1 aromatic carbocycles. The fourth-order valence-corrected chi connectivity index (χ4v) is 3.05. The molecule has 0 unspecified atom stereocenters. The summed E-state index contributed by atoms with van der Waals surface area (Å²) in [6.45, 7) is 5.70. The molecule has 3 aromatic rings. The highest BCUT2D eigenvalue weighted by atomic mass is 16.5. The molecule has 6 heteroatoms. The molecule has 0 amide bonds. The Labute approximate surface area is 140 Å². The summed E-state index contributed by atoms with van der Waals surface area (Å²) in [6.07, 6.45) is 3.85. The van der Waals surface area contributed by atoms with E-state index in [2.05, 4.69) is 38.7 Å². The van der Waals surface area contributed by atoms with E-state index in [1.54, 1.807) is 12.4 Å². The predicted molar refractivity (Wildman–Crippen MR) is 92.8 cm³/mol. The minimum atomic E-state index is 0.166. The van der Waals surface area contributed by atoms with Crippen molar-refractivity contribution in [3.63, 3.8) is 0 Å². The molecule has 2 aromatic heterocycles. The first-order chi connectivity index (χ1) is 11.7. The van der Waals surface area contributed by atoms with Gasteiger partial charge in [-0.1, -0.05) is 30.3 Å². The van der Waals surface area contributed by atoms with Gasteiger partial charge in [0.1, 0.15) is 5.52 Å². The summed E-state index contributed by atoms with van der Waals surface area (Å²) < 4.78 is 5.76. The molecule has 6 nitrogen and oxygen atoms in total. The van der Waals surface area contributed by atoms with Crippen molar-refractivity contribution >= 4 is 17.1 Å². The van der Waals surface area contributed by atoms with Crippen molar-refractivity contribution < 1.29 is 4.74 Å². The number of nitrogens with zero attached hydrogens (tertiary/aromatic N) is 5. The number of rotatable bonds is 2. The molecule has 1 aliphatic heterocycles. The van der Waals surface area contributed by atoms with E-state index in [1.807, 2.05) is 30.3 Å². The standard InChI is InChI=1S/C18H19N5O/c1-12-10-23(11-13(2)24-12)18-20-9-16-17(22-18)19-8-15(21-16)14-6-4-3-5-7-14/h3-9,12-13H,10-11H2,1-2H3/t12-,13-/m1/s1. The lowest BCUT2D eigenvalue weighted by atomic mass is 10.2. The summed E-state index contributed by atoms with van der Waals surface area (Å²) >= 11 is 0. The molecule has 4 rings (SSSR count). The first-order valence-corrected chi connectivity index (χ1v) is 8.14. The Bertz CT molecular complexity index is 844. The van der Waals surface area contributed by atoms with Gasteiger partial charge in [-0.15, -0.1) is 0 Å². The van der Waals surface area contributed by atoms with E-state index in [4.69, 9.17) is 4.74 Å². The monoisotopic (exact) mass is 321 g/mol. The second-order valence-corrected chi connectivity index (χ2v) is 6.16. The lowest BCUT2D eigenvalue weighted by Gasteiger charge is -2.35. The van der Waals surface area contributed by atoms with Crippen molar-refractivity contribution in [2.45, 2.75) is 26.1 Å². The highest BCUT2D eigenvalue weighted by Gasteiger charge is 2.24. The third-order valence-electron chi connectivity index (χ3n) is 4.06. The zero-order valence-electron chi connectivity index (χ0n) is 13.8. The Morgan fingerprint density at radius 2 is 1.71 bits per heavy atom. The topological polar surface area (TPSA) is 64.0 Å². The van der Waals surface area contributed by atoms with Crippen LogP contribution in [0.25, 0.3) is 22.4 Å². The zero-order chi connectivity index (χ0) is 16.5. The largest absolute Gasteiger partial charge is 0.372 e. The quantitative estimate of drug-likeness (QED) is 0.723. The molecule has 0 aliphatic carbocycles. The van der Waals surface area contributed by atoms with Gasteiger partial charge in [-0.3, -0.25) is 0 Å². The molecule has 0 bridgehead atoms. The summed E-state index contributed by atoms with van der Waals surface area (Å²) in [5, 5.41) is 0. The summed E-state index contributed by atoms with van der Waals surface area (Å²) in [5.74, 6) is 0.686. The molecule has 0 saturated carbocycles. The fraction of sp³-hybridized carbons (Fsp3) is 0.333. The van der Waals surface area contributed by atoms with E-state index in [-0.39, 0.29) is 12.2 Å². The van der Waals surface area contributed by atoms with Gasteiger partial charge in [-0.2, -0.15) is 4.98 Å². The summed E-state index contributed by atoms with van der Waals surface area (Å²) in [6, 6.07) is 9.99. The molecule has 1 saturated heterocycles. The number of aromatic nitrogens is 4. The van der Waals surface area contributed by atoms with Crippen LogP contribution in [0.15, 0.2) is 42.7 Å². The van der Waals surface area contributed by atoms with E-state index < -0.39 is 0 Å². The molecule has 1 aliphatic rings. The van der Waals surface area contributed by atoms with Crippen LogP contribution in [0.1, 0.15) is 13.8 Å². The van der Waals surface area contributed by atoms with Crippen LogP contribution in [0.2, 0.25) is 0 Å². The Morgan fingerprint density at radius 3 is 2.46 bits per heavy atom. The van der Waals surface area contributed by atoms with E-state index in [0.29, 0.717) is 17.1 Å². The Hall–Kier alpha value is -2.60. The van der Waals surface area contributed by atoms with Gasteiger partial charge in [0.25, 0.3) is 0 Å². The predicted octanol–water partition coefficient (Wildman–Crippen LogP) is 2.70.